The van der Waals surface area contributed by atoms with Crippen molar-refractivity contribution in [1.82, 2.24) is 5.01 Å². The molecule has 0 bridgehead atoms. The van der Waals surface area contributed by atoms with Crippen LogP contribution in [0.2, 0.25) is 0 Å². The molecule has 3 aromatic rings. The standard InChI is InChI=1S/C20H19N3O2S/c1-22-20(26)23(17-9-5-7-13-6-3-4-8-15(13)17)19(21-22)16-11-10-14(25-2)12-18(16)24/h3-12,20,24,26H,1-2H3. The van der Waals surface area contributed by atoms with E-state index in [1.807, 2.05) is 48.3 Å². The summed E-state index contributed by atoms with van der Waals surface area (Å²) in [5.74, 6) is 1.35. The number of methoxy groups -OCH3 is 1. The maximum atomic E-state index is 10.5. The molecule has 0 fully saturated rings. The van der Waals surface area contributed by atoms with E-state index in [4.69, 9.17) is 17.4 Å². The van der Waals surface area contributed by atoms with Crippen molar-refractivity contribution < 1.29 is 9.84 Å². The van der Waals surface area contributed by atoms with Crippen LogP contribution in [-0.4, -0.2) is 35.6 Å². The van der Waals surface area contributed by atoms with Crippen molar-refractivity contribution in [3.63, 3.8) is 0 Å². The zero-order valence-corrected chi connectivity index (χ0v) is 15.4. The third-order valence-corrected chi connectivity index (χ3v) is 5.08. The Bertz CT molecular complexity index is 1000. The Morgan fingerprint density at radius 1 is 1.08 bits per heavy atom. The molecule has 3 aromatic carbocycles. The predicted octanol–water partition coefficient (Wildman–Crippen LogP) is 3.88. The van der Waals surface area contributed by atoms with Crippen LogP contribution in [-0.2, 0) is 0 Å². The molecule has 6 heteroatoms. The number of rotatable bonds is 3. The number of fused-ring (bicyclic) bond motifs is 1. The summed E-state index contributed by atoms with van der Waals surface area (Å²) < 4.78 is 5.19. The lowest BCUT2D eigenvalue weighted by molar-refractivity contribution is 0.367. The molecule has 0 radical (unpaired) electrons. The van der Waals surface area contributed by atoms with E-state index in [0.717, 1.165) is 16.5 Å². The second-order valence-corrected chi connectivity index (χ2v) is 6.56. The van der Waals surface area contributed by atoms with Crippen LogP contribution in [0.5, 0.6) is 11.5 Å². The fraction of sp³-hybridized carbons (Fsp3) is 0.150. The molecule has 1 heterocycles. The van der Waals surface area contributed by atoms with Gasteiger partial charge in [-0.2, -0.15) is 5.10 Å². The molecule has 1 atom stereocenters. The molecular formula is C20H19N3O2S. The first kappa shape index (κ1) is 16.6. The zero-order chi connectivity index (χ0) is 18.3. The molecule has 132 valence electrons. The highest BCUT2D eigenvalue weighted by Gasteiger charge is 2.33. The van der Waals surface area contributed by atoms with Gasteiger partial charge in [-0.15, -0.1) is 12.6 Å². The van der Waals surface area contributed by atoms with E-state index in [1.54, 1.807) is 18.2 Å². The van der Waals surface area contributed by atoms with Gasteiger partial charge in [-0.25, -0.2) is 0 Å². The second kappa shape index (κ2) is 6.46. The van der Waals surface area contributed by atoms with E-state index in [9.17, 15) is 5.11 Å². The van der Waals surface area contributed by atoms with Crippen LogP contribution in [0.4, 0.5) is 5.69 Å². The summed E-state index contributed by atoms with van der Waals surface area (Å²) in [6.07, 6.45) is 0. The fourth-order valence-electron chi connectivity index (χ4n) is 3.19. The number of nitrogens with zero attached hydrogens (tertiary/aromatic N) is 3. The molecule has 4 rings (SSSR count). The normalized spacial score (nSPS) is 16.9. The van der Waals surface area contributed by atoms with Crippen molar-refractivity contribution in [2.45, 2.75) is 5.50 Å². The van der Waals surface area contributed by atoms with Crippen molar-refractivity contribution in [1.29, 1.82) is 0 Å². The Labute approximate surface area is 157 Å². The van der Waals surface area contributed by atoms with Gasteiger partial charge in [-0.3, -0.25) is 9.91 Å². The monoisotopic (exact) mass is 365 g/mol. The number of benzene rings is 3. The molecule has 5 nitrogen and oxygen atoms in total. The van der Waals surface area contributed by atoms with Crippen LogP contribution in [0.15, 0.2) is 65.8 Å². The van der Waals surface area contributed by atoms with Crippen molar-refractivity contribution in [3.8, 4) is 11.5 Å². The molecule has 26 heavy (non-hydrogen) atoms. The van der Waals surface area contributed by atoms with E-state index in [2.05, 4.69) is 23.3 Å². The summed E-state index contributed by atoms with van der Waals surface area (Å²) in [4.78, 5) is 2.02. The van der Waals surface area contributed by atoms with Gasteiger partial charge in [0, 0.05) is 18.5 Å². The first-order chi connectivity index (χ1) is 12.6. The predicted molar refractivity (Wildman–Crippen MR) is 108 cm³/mol. The number of ether oxygens (including phenoxy) is 1. The molecular weight excluding hydrogens is 346 g/mol. The lowest BCUT2D eigenvalue weighted by Crippen LogP contribution is -2.37. The molecule has 0 saturated heterocycles. The molecule has 1 unspecified atom stereocenters. The SMILES string of the molecule is COc1ccc(C2=NN(C)C(S)N2c2cccc3ccccc23)c(O)c1. The first-order valence-electron chi connectivity index (χ1n) is 8.24. The number of phenols is 1. The smallest absolute Gasteiger partial charge is 0.168 e. The third kappa shape index (κ3) is 2.63. The largest absolute Gasteiger partial charge is 0.507 e. The minimum atomic E-state index is -0.280. The maximum absolute atomic E-state index is 10.5. The lowest BCUT2D eigenvalue weighted by atomic mass is 10.1. The summed E-state index contributed by atoms with van der Waals surface area (Å²) >= 11 is 4.73. The van der Waals surface area contributed by atoms with Gasteiger partial charge in [0.25, 0.3) is 0 Å². The number of amidine groups is 1. The summed E-state index contributed by atoms with van der Waals surface area (Å²) in [6, 6.07) is 19.5. The molecule has 0 aliphatic carbocycles. The summed E-state index contributed by atoms with van der Waals surface area (Å²) in [5, 5.41) is 19.1. The number of hydrogen-bond acceptors (Lipinski definition) is 6. The summed E-state index contributed by atoms with van der Waals surface area (Å²) in [7, 11) is 3.44. The van der Waals surface area contributed by atoms with Crippen LogP contribution >= 0.6 is 12.6 Å². The van der Waals surface area contributed by atoms with Gasteiger partial charge >= 0.3 is 0 Å². The Kier molecular flexibility index (Phi) is 4.12. The number of thiol groups is 1. The van der Waals surface area contributed by atoms with E-state index in [0.29, 0.717) is 17.1 Å². The maximum Gasteiger partial charge on any atom is 0.168 e. The molecule has 0 spiro atoms. The van der Waals surface area contributed by atoms with Gasteiger partial charge in [0.1, 0.15) is 11.5 Å². The highest BCUT2D eigenvalue weighted by atomic mass is 32.1. The van der Waals surface area contributed by atoms with Gasteiger partial charge in [0.2, 0.25) is 0 Å². The minimum absolute atomic E-state index is 0.115. The average Bonchev–Trinajstić information content (AvgIpc) is 2.95. The summed E-state index contributed by atoms with van der Waals surface area (Å²) in [5.41, 5.74) is 1.33. The van der Waals surface area contributed by atoms with E-state index >= 15 is 0 Å². The lowest BCUT2D eigenvalue weighted by Gasteiger charge is -2.28. The highest BCUT2D eigenvalue weighted by Crippen LogP contribution is 2.36. The second-order valence-electron chi connectivity index (χ2n) is 6.10. The molecule has 1 aliphatic heterocycles. The van der Waals surface area contributed by atoms with Gasteiger partial charge in [-0.1, -0.05) is 36.4 Å². The van der Waals surface area contributed by atoms with Crippen LogP contribution in [0.25, 0.3) is 10.8 Å². The minimum Gasteiger partial charge on any atom is -0.507 e. The Morgan fingerprint density at radius 2 is 1.85 bits per heavy atom. The van der Waals surface area contributed by atoms with Gasteiger partial charge in [0.05, 0.1) is 18.4 Å². The number of anilines is 1. The molecule has 1 N–H and O–H groups in total. The van der Waals surface area contributed by atoms with E-state index < -0.39 is 0 Å². The zero-order valence-electron chi connectivity index (χ0n) is 14.5. The molecule has 1 aliphatic rings. The van der Waals surface area contributed by atoms with Crippen molar-refractivity contribution in [3.05, 3.63) is 66.2 Å². The van der Waals surface area contributed by atoms with Crippen LogP contribution in [0.3, 0.4) is 0 Å². The van der Waals surface area contributed by atoms with Crippen molar-refractivity contribution >= 4 is 34.9 Å². The van der Waals surface area contributed by atoms with Gasteiger partial charge in [0.15, 0.2) is 11.3 Å². The van der Waals surface area contributed by atoms with Crippen LogP contribution < -0.4 is 9.64 Å². The van der Waals surface area contributed by atoms with Crippen molar-refractivity contribution in [2.24, 2.45) is 5.10 Å². The van der Waals surface area contributed by atoms with E-state index in [1.165, 1.54) is 0 Å². The Hall–Kier alpha value is -2.86. The Morgan fingerprint density at radius 3 is 2.62 bits per heavy atom. The number of hydrogen-bond donors (Lipinski definition) is 2. The highest BCUT2D eigenvalue weighted by molar-refractivity contribution is 7.81. The number of aromatic hydroxyl groups is 1. The topological polar surface area (TPSA) is 48.3 Å². The summed E-state index contributed by atoms with van der Waals surface area (Å²) in [6.45, 7) is 0. The molecule has 0 aromatic heterocycles. The van der Waals surface area contributed by atoms with Gasteiger partial charge < -0.3 is 9.84 Å². The van der Waals surface area contributed by atoms with E-state index in [-0.39, 0.29) is 11.2 Å². The third-order valence-electron chi connectivity index (χ3n) is 4.52. The Balaban J connectivity index is 1.88. The average molecular weight is 365 g/mol. The van der Waals surface area contributed by atoms with Crippen LogP contribution in [0, 0.1) is 0 Å². The number of phenolic OH excluding ortho intramolecular Hbond substituents is 1. The molecule has 0 amide bonds. The molecule has 0 saturated carbocycles. The quantitative estimate of drug-likeness (QED) is 0.692. The first-order valence-corrected chi connectivity index (χ1v) is 8.75. The van der Waals surface area contributed by atoms with Crippen LogP contribution in [0.1, 0.15) is 5.56 Å². The fourth-order valence-corrected chi connectivity index (χ4v) is 3.48. The van der Waals surface area contributed by atoms with Gasteiger partial charge in [-0.05, 0) is 23.6 Å². The number of hydrazone groups is 1. The van der Waals surface area contributed by atoms with Crippen molar-refractivity contribution in [2.75, 3.05) is 19.1 Å².